The first-order valence-corrected chi connectivity index (χ1v) is 7.20. The summed E-state index contributed by atoms with van der Waals surface area (Å²) in [5.41, 5.74) is 14.6. The van der Waals surface area contributed by atoms with Gasteiger partial charge in [0.2, 0.25) is 0 Å². The summed E-state index contributed by atoms with van der Waals surface area (Å²) in [7, 11) is 0. The van der Waals surface area contributed by atoms with E-state index in [0.717, 1.165) is 35.5 Å². The van der Waals surface area contributed by atoms with Gasteiger partial charge in [-0.2, -0.15) is 0 Å². The number of hydrogen-bond acceptors (Lipinski definition) is 4. The molecule has 4 nitrogen and oxygen atoms in total. The Kier molecular flexibility index (Phi) is 3.26. The molecule has 0 spiro atoms. The minimum Gasteiger partial charge on any atom is -0.399 e. The highest BCUT2D eigenvalue weighted by Crippen LogP contribution is 2.43. The smallest absolute Gasteiger partial charge is 0.0923 e. The molecule has 0 aromatic heterocycles. The molecule has 3 rings (SSSR count). The van der Waals surface area contributed by atoms with E-state index in [0.29, 0.717) is 0 Å². The number of hydroxylamine groups is 2. The molecule has 2 atom stereocenters. The maximum absolute atomic E-state index is 10.7. The second-order valence-corrected chi connectivity index (χ2v) is 5.95. The van der Waals surface area contributed by atoms with Gasteiger partial charge in [0.25, 0.3) is 0 Å². The molecule has 2 unspecified atom stereocenters. The molecular weight excluding hydrogens is 262 g/mol. The van der Waals surface area contributed by atoms with Crippen molar-refractivity contribution in [2.24, 2.45) is 11.7 Å². The van der Waals surface area contributed by atoms with Gasteiger partial charge in [0.1, 0.15) is 0 Å². The van der Waals surface area contributed by atoms with Crippen LogP contribution in [0.4, 0.5) is 5.69 Å². The number of benzene rings is 1. The fourth-order valence-corrected chi connectivity index (χ4v) is 3.01. The van der Waals surface area contributed by atoms with E-state index < -0.39 is 5.54 Å². The lowest BCUT2D eigenvalue weighted by Gasteiger charge is -2.36. The second kappa shape index (κ2) is 4.97. The molecule has 0 fully saturated rings. The van der Waals surface area contributed by atoms with Crippen LogP contribution in [-0.2, 0) is 5.54 Å². The van der Waals surface area contributed by atoms with Gasteiger partial charge in [0.05, 0.1) is 5.54 Å². The Bertz CT molecular complexity index is 630. The second-order valence-electron chi connectivity index (χ2n) is 5.95. The third-order valence-corrected chi connectivity index (χ3v) is 4.46. The van der Waals surface area contributed by atoms with Crippen LogP contribution in [0.15, 0.2) is 60.0 Å². The van der Waals surface area contributed by atoms with Gasteiger partial charge in [-0.25, -0.2) is 0 Å². The molecule has 2 aliphatic rings. The van der Waals surface area contributed by atoms with Gasteiger partial charge in [-0.3, -0.25) is 10.3 Å². The summed E-state index contributed by atoms with van der Waals surface area (Å²) in [6.45, 7) is 2.04. The molecule has 110 valence electrons. The SMILES string of the molecule is CC1(c2ccc(N)cc2)CC=C(C2C=CC(N)=CC2)N1O. The number of nitrogens with two attached hydrogens (primary N) is 2. The Morgan fingerprint density at radius 1 is 1.19 bits per heavy atom. The lowest BCUT2D eigenvalue weighted by molar-refractivity contribution is -0.134. The van der Waals surface area contributed by atoms with Crippen molar-refractivity contribution in [3.05, 3.63) is 65.5 Å². The zero-order chi connectivity index (χ0) is 15.0. The number of allylic oxidation sites excluding steroid dienone is 3. The molecule has 0 radical (unpaired) electrons. The van der Waals surface area contributed by atoms with Crippen LogP contribution in [-0.4, -0.2) is 10.3 Å². The van der Waals surface area contributed by atoms with Crippen molar-refractivity contribution in [1.29, 1.82) is 0 Å². The van der Waals surface area contributed by atoms with E-state index in [1.165, 1.54) is 5.06 Å². The molecule has 1 aliphatic heterocycles. The van der Waals surface area contributed by atoms with Crippen molar-refractivity contribution in [1.82, 2.24) is 5.06 Å². The summed E-state index contributed by atoms with van der Waals surface area (Å²) in [6.07, 6.45) is 9.66. The van der Waals surface area contributed by atoms with Gasteiger partial charge in [-0.15, -0.1) is 0 Å². The molecule has 1 aromatic rings. The van der Waals surface area contributed by atoms with E-state index >= 15 is 0 Å². The Balaban J connectivity index is 1.83. The Morgan fingerprint density at radius 2 is 1.90 bits per heavy atom. The highest BCUT2D eigenvalue weighted by atomic mass is 16.5. The summed E-state index contributed by atoms with van der Waals surface area (Å²) in [5.74, 6) is 0.179. The first kappa shape index (κ1) is 13.8. The predicted octanol–water partition coefficient (Wildman–Crippen LogP) is 2.88. The van der Waals surface area contributed by atoms with Crippen LogP contribution in [0.1, 0.15) is 25.3 Å². The standard InChI is InChI=1S/C17H21N3O/c1-17(13-4-8-15(19)9-5-13)11-10-16(20(17)21)12-2-6-14(18)7-3-12/h2,4-10,12,21H,3,11,18-19H2,1H3. The zero-order valence-electron chi connectivity index (χ0n) is 12.2. The van der Waals surface area contributed by atoms with Crippen molar-refractivity contribution < 1.29 is 5.21 Å². The van der Waals surface area contributed by atoms with E-state index in [2.05, 4.69) is 12.2 Å². The molecule has 0 saturated carbocycles. The first-order valence-electron chi connectivity index (χ1n) is 7.20. The molecule has 0 amide bonds. The van der Waals surface area contributed by atoms with Crippen LogP contribution in [0.2, 0.25) is 0 Å². The molecule has 4 heteroatoms. The summed E-state index contributed by atoms with van der Waals surface area (Å²) >= 11 is 0. The maximum atomic E-state index is 10.7. The normalized spacial score (nSPS) is 28.5. The molecule has 1 aromatic carbocycles. The highest BCUT2D eigenvalue weighted by molar-refractivity contribution is 5.42. The van der Waals surface area contributed by atoms with Gasteiger partial charge in [0.15, 0.2) is 0 Å². The van der Waals surface area contributed by atoms with Crippen molar-refractivity contribution in [2.45, 2.75) is 25.3 Å². The quantitative estimate of drug-likeness (QED) is 0.729. The van der Waals surface area contributed by atoms with Gasteiger partial charge in [-0.1, -0.05) is 30.4 Å². The van der Waals surface area contributed by atoms with Crippen molar-refractivity contribution in [3.63, 3.8) is 0 Å². The van der Waals surface area contributed by atoms with E-state index in [9.17, 15) is 5.21 Å². The predicted molar refractivity (Wildman–Crippen MR) is 84.0 cm³/mol. The largest absolute Gasteiger partial charge is 0.399 e. The maximum Gasteiger partial charge on any atom is 0.0923 e. The number of anilines is 1. The monoisotopic (exact) mass is 283 g/mol. The molecule has 1 heterocycles. The molecule has 0 saturated heterocycles. The van der Waals surface area contributed by atoms with Gasteiger partial charge < -0.3 is 11.5 Å². The summed E-state index contributed by atoms with van der Waals surface area (Å²) < 4.78 is 0. The lowest BCUT2D eigenvalue weighted by atomic mass is 9.90. The summed E-state index contributed by atoms with van der Waals surface area (Å²) in [6, 6.07) is 7.70. The van der Waals surface area contributed by atoms with Crippen LogP contribution in [0.5, 0.6) is 0 Å². The Hall–Kier alpha value is -2.20. The average Bonchev–Trinajstić information content (AvgIpc) is 2.78. The van der Waals surface area contributed by atoms with Crippen molar-refractivity contribution in [3.8, 4) is 0 Å². The highest BCUT2D eigenvalue weighted by Gasteiger charge is 2.40. The third kappa shape index (κ3) is 2.32. The molecular formula is C17H21N3O. The van der Waals surface area contributed by atoms with Gasteiger partial charge in [-0.05, 0) is 43.5 Å². The summed E-state index contributed by atoms with van der Waals surface area (Å²) in [5, 5.41) is 12.1. The fourth-order valence-electron chi connectivity index (χ4n) is 3.01. The first-order chi connectivity index (χ1) is 10.0. The van der Waals surface area contributed by atoms with Crippen LogP contribution < -0.4 is 11.5 Å². The topological polar surface area (TPSA) is 75.5 Å². The van der Waals surface area contributed by atoms with Gasteiger partial charge >= 0.3 is 0 Å². The Morgan fingerprint density at radius 3 is 2.52 bits per heavy atom. The van der Waals surface area contributed by atoms with E-state index in [-0.39, 0.29) is 5.92 Å². The third-order valence-electron chi connectivity index (χ3n) is 4.46. The average molecular weight is 283 g/mol. The minimum atomic E-state index is -0.441. The van der Waals surface area contributed by atoms with Gasteiger partial charge in [0, 0.05) is 23.0 Å². The summed E-state index contributed by atoms with van der Waals surface area (Å²) in [4.78, 5) is 0. The number of nitrogen functional groups attached to an aromatic ring is 1. The molecule has 5 N–H and O–H groups in total. The van der Waals surface area contributed by atoms with Crippen molar-refractivity contribution in [2.75, 3.05) is 5.73 Å². The number of hydrogen-bond donors (Lipinski definition) is 3. The van der Waals surface area contributed by atoms with E-state index in [1.54, 1.807) is 0 Å². The zero-order valence-corrected chi connectivity index (χ0v) is 12.2. The molecule has 1 aliphatic carbocycles. The molecule has 21 heavy (non-hydrogen) atoms. The number of nitrogens with zero attached hydrogens (tertiary/aromatic N) is 1. The van der Waals surface area contributed by atoms with Crippen LogP contribution in [0.25, 0.3) is 0 Å². The lowest BCUT2D eigenvalue weighted by Crippen LogP contribution is -2.38. The van der Waals surface area contributed by atoms with Crippen LogP contribution in [0.3, 0.4) is 0 Å². The minimum absolute atomic E-state index is 0.179. The van der Waals surface area contributed by atoms with Crippen LogP contribution in [0, 0.1) is 5.92 Å². The molecule has 0 bridgehead atoms. The van der Waals surface area contributed by atoms with E-state index in [1.807, 2.05) is 43.3 Å². The van der Waals surface area contributed by atoms with Crippen molar-refractivity contribution >= 4 is 5.69 Å². The fraction of sp³-hybridized carbons (Fsp3) is 0.294. The van der Waals surface area contributed by atoms with Crippen LogP contribution >= 0.6 is 0 Å². The van der Waals surface area contributed by atoms with E-state index in [4.69, 9.17) is 11.5 Å². The Labute approximate surface area is 125 Å². The number of rotatable bonds is 2.